The van der Waals surface area contributed by atoms with Crippen molar-refractivity contribution in [3.05, 3.63) is 205 Å². The average Bonchev–Trinajstić information content (AvgIpc) is 3.71. The third kappa shape index (κ3) is 5.36. The second-order valence-electron chi connectivity index (χ2n) is 13.0. The molecule has 0 fully saturated rings. The van der Waals surface area contributed by atoms with Crippen molar-refractivity contribution < 1.29 is 0 Å². The van der Waals surface area contributed by atoms with Crippen molar-refractivity contribution in [2.24, 2.45) is 4.99 Å². The van der Waals surface area contributed by atoms with E-state index in [2.05, 4.69) is 186 Å². The number of allylic oxidation sites excluding steroid dienone is 2. The molecule has 3 heteroatoms. The predicted molar refractivity (Wildman–Crippen MR) is 217 cm³/mol. The summed E-state index contributed by atoms with van der Waals surface area (Å²) >= 11 is 0. The molecule has 0 radical (unpaired) electrons. The Balaban J connectivity index is 1.31. The SMILES string of the molecule is C=C(/C=C(\N=C(C)c1ccccc1)c1ccccc1)c1cc(-n2c3ccccc3c3ccccc32)cc(-n2c3ccccc3c3ccccc32)c1. The molecule has 7 aromatic carbocycles. The molecular formula is C48H35N3. The summed E-state index contributed by atoms with van der Waals surface area (Å²) in [7, 11) is 0. The molecule has 0 atom stereocenters. The minimum Gasteiger partial charge on any atom is -0.309 e. The molecule has 9 rings (SSSR count). The lowest BCUT2D eigenvalue weighted by Gasteiger charge is -2.16. The molecule has 0 unspecified atom stereocenters. The predicted octanol–water partition coefficient (Wildman–Crippen LogP) is 12.4. The molecule has 0 saturated heterocycles. The van der Waals surface area contributed by atoms with Crippen LogP contribution in [0.2, 0.25) is 0 Å². The zero-order chi connectivity index (χ0) is 34.3. The highest BCUT2D eigenvalue weighted by Gasteiger charge is 2.17. The quantitative estimate of drug-likeness (QED) is 0.121. The highest BCUT2D eigenvalue weighted by Crippen LogP contribution is 2.37. The number of hydrogen-bond acceptors (Lipinski definition) is 1. The summed E-state index contributed by atoms with van der Waals surface area (Å²) in [5.74, 6) is 0. The summed E-state index contributed by atoms with van der Waals surface area (Å²) in [6.07, 6.45) is 2.13. The lowest BCUT2D eigenvalue weighted by molar-refractivity contribution is 1.13. The van der Waals surface area contributed by atoms with E-state index in [1.54, 1.807) is 0 Å². The Labute approximate surface area is 297 Å². The lowest BCUT2D eigenvalue weighted by atomic mass is 10.0. The van der Waals surface area contributed by atoms with Gasteiger partial charge in [-0.3, -0.25) is 4.99 Å². The second-order valence-corrected chi connectivity index (χ2v) is 13.0. The van der Waals surface area contributed by atoms with Crippen LogP contribution in [0.25, 0.3) is 66.3 Å². The molecule has 9 aromatic rings. The first-order chi connectivity index (χ1) is 25.1. The Hall–Kier alpha value is -6.71. The molecule has 0 amide bonds. The Bertz CT molecular complexity index is 2570. The maximum Gasteiger partial charge on any atom is 0.0711 e. The minimum absolute atomic E-state index is 0.864. The van der Waals surface area contributed by atoms with Crippen LogP contribution in [-0.2, 0) is 0 Å². The fourth-order valence-corrected chi connectivity index (χ4v) is 7.40. The highest BCUT2D eigenvalue weighted by molar-refractivity contribution is 6.11. The number of fused-ring (bicyclic) bond motifs is 6. The molecule has 0 saturated carbocycles. The van der Waals surface area contributed by atoms with Crippen molar-refractivity contribution in [2.45, 2.75) is 6.92 Å². The minimum atomic E-state index is 0.864. The molecule has 2 heterocycles. The zero-order valence-electron chi connectivity index (χ0n) is 28.4. The van der Waals surface area contributed by atoms with Crippen LogP contribution in [-0.4, -0.2) is 14.8 Å². The largest absolute Gasteiger partial charge is 0.309 e. The van der Waals surface area contributed by atoms with E-state index in [-0.39, 0.29) is 0 Å². The van der Waals surface area contributed by atoms with Crippen molar-refractivity contribution in [3.63, 3.8) is 0 Å². The molecule has 242 valence electrons. The topological polar surface area (TPSA) is 22.2 Å². The summed E-state index contributed by atoms with van der Waals surface area (Å²) in [5, 5.41) is 4.92. The van der Waals surface area contributed by atoms with Gasteiger partial charge in [-0.05, 0) is 72.2 Å². The molecule has 0 aliphatic carbocycles. The molecule has 0 bridgehead atoms. The Morgan fingerprint density at radius 1 is 0.451 bits per heavy atom. The molecule has 2 aromatic heterocycles. The van der Waals surface area contributed by atoms with Crippen LogP contribution in [0.4, 0.5) is 0 Å². The number of aromatic nitrogens is 2. The van der Waals surface area contributed by atoms with Gasteiger partial charge in [0, 0.05) is 44.2 Å². The van der Waals surface area contributed by atoms with E-state index in [1.807, 2.05) is 12.1 Å². The first kappa shape index (κ1) is 30.4. The van der Waals surface area contributed by atoms with Crippen LogP contribution in [0, 0.1) is 0 Å². The van der Waals surface area contributed by atoms with Crippen LogP contribution >= 0.6 is 0 Å². The monoisotopic (exact) mass is 653 g/mol. The van der Waals surface area contributed by atoms with Crippen LogP contribution in [0.5, 0.6) is 0 Å². The normalized spacial score (nSPS) is 12.3. The Kier molecular flexibility index (Phi) is 7.52. The maximum absolute atomic E-state index is 5.20. The van der Waals surface area contributed by atoms with Gasteiger partial charge in [-0.2, -0.15) is 0 Å². The first-order valence-electron chi connectivity index (χ1n) is 17.3. The van der Waals surface area contributed by atoms with Gasteiger partial charge in [0.1, 0.15) is 0 Å². The first-order valence-corrected chi connectivity index (χ1v) is 17.3. The molecular weight excluding hydrogens is 619 g/mol. The standard InChI is InChI=1S/C48H35N3/c1-33(29-44(36-19-7-4-8-20-36)49-34(2)35-17-5-3-6-18-35)37-30-38(50-45-25-13-9-21-40(45)41-22-10-14-26-46(41)50)32-39(31-37)51-47-27-15-11-23-42(47)43-24-12-16-28-48(43)51/h3-32H,1H2,2H3/b44-29-,49-34?. The number of para-hydroxylation sites is 4. The van der Waals surface area contributed by atoms with Crippen LogP contribution < -0.4 is 0 Å². The van der Waals surface area contributed by atoms with E-state index in [0.29, 0.717) is 0 Å². The zero-order valence-corrected chi connectivity index (χ0v) is 28.4. The summed E-state index contributed by atoms with van der Waals surface area (Å²) < 4.78 is 4.77. The van der Waals surface area contributed by atoms with E-state index in [0.717, 1.165) is 45.0 Å². The van der Waals surface area contributed by atoms with Gasteiger partial charge in [0.25, 0.3) is 0 Å². The molecule has 3 nitrogen and oxygen atoms in total. The number of nitrogens with zero attached hydrogens (tertiary/aromatic N) is 3. The van der Waals surface area contributed by atoms with Crippen molar-refractivity contribution in [3.8, 4) is 11.4 Å². The van der Waals surface area contributed by atoms with E-state index in [9.17, 15) is 0 Å². The summed E-state index contributed by atoms with van der Waals surface area (Å²) in [6, 6.07) is 62.2. The highest BCUT2D eigenvalue weighted by atomic mass is 15.0. The molecule has 51 heavy (non-hydrogen) atoms. The van der Waals surface area contributed by atoms with E-state index in [1.165, 1.54) is 43.6 Å². The molecule has 0 aliphatic heterocycles. The van der Waals surface area contributed by atoms with E-state index < -0.39 is 0 Å². The van der Waals surface area contributed by atoms with Gasteiger partial charge < -0.3 is 9.13 Å². The molecule has 0 N–H and O–H groups in total. The number of benzene rings is 7. The van der Waals surface area contributed by atoms with Crippen molar-refractivity contribution in [1.82, 2.24) is 9.13 Å². The summed E-state index contributed by atoms with van der Waals surface area (Å²) in [5.41, 5.74) is 12.6. The molecule has 0 spiro atoms. The van der Waals surface area contributed by atoms with Crippen molar-refractivity contribution in [2.75, 3.05) is 0 Å². The van der Waals surface area contributed by atoms with Crippen LogP contribution in [0.1, 0.15) is 23.6 Å². The molecule has 0 aliphatic rings. The van der Waals surface area contributed by atoms with Gasteiger partial charge in [-0.25, -0.2) is 0 Å². The smallest absolute Gasteiger partial charge is 0.0711 e. The van der Waals surface area contributed by atoms with Crippen LogP contribution in [0.3, 0.4) is 0 Å². The maximum atomic E-state index is 5.20. The van der Waals surface area contributed by atoms with Gasteiger partial charge in [0.15, 0.2) is 0 Å². The summed E-state index contributed by atoms with van der Waals surface area (Å²) in [4.78, 5) is 5.20. The van der Waals surface area contributed by atoms with Gasteiger partial charge in [0.2, 0.25) is 0 Å². The van der Waals surface area contributed by atoms with Gasteiger partial charge in [-0.15, -0.1) is 0 Å². The van der Waals surface area contributed by atoms with Gasteiger partial charge in [0.05, 0.1) is 27.8 Å². The Morgan fingerprint density at radius 2 is 0.824 bits per heavy atom. The van der Waals surface area contributed by atoms with Crippen LogP contribution in [0.15, 0.2) is 194 Å². The van der Waals surface area contributed by atoms with Gasteiger partial charge >= 0.3 is 0 Å². The van der Waals surface area contributed by atoms with E-state index >= 15 is 0 Å². The fraction of sp³-hybridized carbons (Fsp3) is 0.0208. The number of aliphatic imine (C=N–C) groups is 1. The average molecular weight is 654 g/mol. The second kappa shape index (κ2) is 12.6. The van der Waals surface area contributed by atoms with Crippen molar-refractivity contribution in [1.29, 1.82) is 0 Å². The Morgan fingerprint density at radius 3 is 1.25 bits per heavy atom. The third-order valence-electron chi connectivity index (χ3n) is 9.81. The third-order valence-corrected chi connectivity index (χ3v) is 9.81. The van der Waals surface area contributed by atoms with Gasteiger partial charge in [-0.1, -0.05) is 140 Å². The van der Waals surface area contributed by atoms with Crippen molar-refractivity contribution >= 4 is 60.6 Å². The van der Waals surface area contributed by atoms with E-state index in [4.69, 9.17) is 11.6 Å². The number of hydrogen-bond donors (Lipinski definition) is 0. The lowest BCUT2D eigenvalue weighted by Crippen LogP contribution is -2.01. The fourth-order valence-electron chi connectivity index (χ4n) is 7.40. The number of rotatable bonds is 7. The summed E-state index contributed by atoms with van der Waals surface area (Å²) in [6.45, 7) is 6.77.